The highest BCUT2D eigenvalue weighted by atomic mass is 127. The summed E-state index contributed by atoms with van der Waals surface area (Å²) >= 11 is 0. The van der Waals surface area contributed by atoms with E-state index in [1.807, 2.05) is 13.1 Å². The molecule has 1 aliphatic rings. The molecule has 0 radical (unpaired) electrons. The maximum Gasteiger partial charge on any atom is 0.511 e. The maximum atomic E-state index is 12.6. The van der Waals surface area contributed by atoms with Gasteiger partial charge in [-0.25, -0.2) is 8.42 Å². The van der Waals surface area contributed by atoms with E-state index in [4.69, 9.17) is 0 Å². The number of alkyl halides is 3. The lowest BCUT2D eigenvalue weighted by molar-refractivity contribution is -0.0494. The summed E-state index contributed by atoms with van der Waals surface area (Å²) in [7, 11) is -3.66. The predicted molar refractivity (Wildman–Crippen MR) is 106 cm³/mol. The minimum absolute atomic E-state index is 0. The number of hydrogen-bond acceptors (Lipinski definition) is 4. The van der Waals surface area contributed by atoms with Crippen LogP contribution < -0.4 is 10.6 Å². The Kier molecular flexibility index (Phi) is 8.79. The van der Waals surface area contributed by atoms with Crippen LogP contribution in [0.1, 0.15) is 18.4 Å². The van der Waals surface area contributed by atoms with Crippen LogP contribution in [0.4, 0.5) is 13.2 Å². The van der Waals surface area contributed by atoms with E-state index in [1.54, 1.807) is 17.9 Å². The van der Waals surface area contributed by atoms with Crippen molar-refractivity contribution in [2.75, 3.05) is 26.7 Å². The molecule has 2 rings (SSSR count). The van der Waals surface area contributed by atoms with Crippen molar-refractivity contribution >= 4 is 40.0 Å². The molecule has 0 atom stereocenters. The van der Waals surface area contributed by atoms with E-state index in [1.165, 1.54) is 0 Å². The summed E-state index contributed by atoms with van der Waals surface area (Å²) in [5.74, 6) is 0.519. The Hall–Kier alpha value is -1.09. The van der Waals surface area contributed by atoms with Gasteiger partial charge >= 0.3 is 15.5 Å². The highest BCUT2D eigenvalue weighted by Crippen LogP contribution is 2.28. The van der Waals surface area contributed by atoms with Crippen molar-refractivity contribution in [2.45, 2.75) is 37.9 Å². The fraction of sp³-hybridized carbons (Fsp3) is 0.714. The van der Waals surface area contributed by atoms with Gasteiger partial charge in [0.1, 0.15) is 0 Å². The summed E-state index contributed by atoms with van der Waals surface area (Å²) < 4.78 is 62.8. The van der Waals surface area contributed by atoms with Crippen molar-refractivity contribution in [3.05, 3.63) is 18.0 Å². The Balaban J connectivity index is 0.00000364. The molecule has 1 fully saturated rings. The van der Waals surface area contributed by atoms with E-state index in [-0.39, 0.29) is 55.9 Å². The molecule has 0 amide bonds. The number of aromatic nitrogens is 2. The van der Waals surface area contributed by atoms with Crippen LogP contribution in [0.25, 0.3) is 0 Å². The topological polar surface area (TPSA) is 91.6 Å². The molecule has 1 saturated heterocycles. The highest BCUT2D eigenvalue weighted by molar-refractivity contribution is 14.0. The number of nitrogens with zero attached hydrogens (tertiary/aromatic N) is 4. The molecule has 2 N–H and O–H groups in total. The molecule has 0 spiro atoms. The van der Waals surface area contributed by atoms with Gasteiger partial charge in [-0.3, -0.25) is 9.67 Å². The zero-order valence-corrected chi connectivity index (χ0v) is 18.2. The molecular weight excluding hydrogens is 500 g/mol. The summed E-state index contributed by atoms with van der Waals surface area (Å²) in [4.78, 5) is 4.08. The number of nitrogens with one attached hydrogen (secondary N) is 2. The Bertz CT molecular complexity index is 729. The molecule has 0 saturated carbocycles. The molecule has 0 unspecified atom stereocenters. The number of aliphatic imine (C=N–C) groups is 1. The van der Waals surface area contributed by atoms with E-state index in [9.17, 15) is 21.6 Å². The second-order valence-electron chi connectivity index (χ2n) is 6.05. The predicted octanol–water partition coefficient (Wildman–Crippen LogP) is 1.29. The summed E-state index contributed by atoms with van der Waals surface area (Å²) in [6.07, 6.45) is 4.22. The third-order valence-electron chi connectivity index (χ3n) is 4.05. The lowest BCUT2D eigenvalue weighted by atomic mass is 10.1. The molecule has 8 nitrogen and oxygen atoms in total. The number of guanidine groups is 1. The monoisotopic (exact) mass is 524 g/mol. The smallest absolute Gasteiger partial charge is 0.355 e. The van der Waals surface area contributed by atoms with Crippen LogP contribution in [-0.2, 0) is 16.6 Å². The molecule has 156 valence electrons. The fourth-order valence-corrected chi connectivity index (χ4v) is 3.64. The molecule has 0 bridgehead atoms. The first-order valence-corrected chi connectivity index (χ1v) is 9.60. The SMILES string of the molecule is CN=C(NCCn1cc(C)cn1)NC1CCN(S(=O)(=O)C(F)(F)F)CC1.I. The van der Waals surface area contributed by atoms with Crippen LogP contribution in [0.15, 0.2) is 17.4 Å². The molecule has 1 aromatic rings. The average Bonchev–Trinajstić information content (AvgIpc) is 2.98. The van der Waals surface area contributed by atoms with Gasteiger partial charge in [-0.1, -0.05) is 0 Å². The molecule has 2 heterocycles. The van der Waals surface area contributed by atoms with Gasteiger partial charge in [0.25, 0.3) is 0 Å². The summed E-state index contributed by atoms with van der Waals surface area (Å²) in [6.45, 7) is 2.80. The number of sulfonamides is 1. The van der Waals surface area contributed by atoms with Gasteiger partial charge in [0, 0.05) is 38.9 Å². The molecule has 0 aliphatic carbocycles. The number of piperidine rings is 1. The zero-order valence-electron chi connectivity index (χ0n) is 15.0. The van der Waals surface area contributed by atoms with Crippen LogP contribution in [0.5, 0.6) is 0 Å². The quantitative estimate of drug-likeness (QED) is 0.344. The van der Waals surface area contributed by atoms with Crippen molar-refractivity contribution in [1.29, 1.82) is 0 Å². The summed E-state index contributed by atoms with van der Waals surface area (Å²) in [6, 6.07) is -0.146. The number of aryl methyl sites for hydroxylation is 1. The number of hydrogen-bond donors (Lipinski definition) is 2. The summed E-state index contributed by atoms with van der Waals surface area (Å²) in [5, 5.41) is 10.4. The van der Waals surface area contributed by atoms with Crippen LogP contribution in [0.2, 0.25) is 0 Å². The van der Waals surface area contributed by atoms with E-state index >= 15 is 0 Å². The second-order valence-corrected chi connectivity index (χ2v) is 7.98. The molecule has 1 aromatic heterocycles. The first-order valence-electron chi connectivity index (χ1n) is 8.16. The Morgan fingerprint density at radius 2 is 2.00 bits per heavy atom. The molecule has 13 heteroatoms. The van der Waals surface area contributed by atoms with E-state index in [0.717, 1.165) is 5.56 Å². The van der Waals surface area contributed by atoms with Gasteiger partial charge in [-0.05, 0) is 25.3 Å². The van der Waals surface area contributed by atoms with E-state index in [0.29, 0.717) is 23.4 Å². The minimum atomic E-state index is -5.25. The van der Waals surface area contributed by atoms with E-state index in [2.05, 4.69) is 20.7 Å². The van der Waals surface area contributed by atoms with Gasteiger partial charge in [0.05, 0.1) is 12.7 Å². The maximum absolute atomic E-state index is 12.6. The van der Waals surface area contributed by atoms with Crippen LogP contribution in [-0.4, -0.2) is 66.7 Å². The van der Waals surface area contributed by atoms with Crippen LogP contribution in [0.3, 0.4) is 0 Å². The lowest BCUT2D eigenvalue weighted by Crippen LogP contribution is -2.51. The molecule has 1 aliphatic heterocycles. The Morgan fingerprint density at radius 1 is 1.37 bits per heavy atom. The molecule has 27 heavy (non-hydrogen) atoms. The van der Waals surface area contributed by atoms with Crippen molar-refractivity contribution < 1.29 is 21.6 Å². The average molecular weight is 524 g/mol. The van der Waals surface area contributed by atoms with Crippen LogP contribution >= 0.6 is 24.0 Å². The zero-order chi connectivity index (χ0) is 19.4. The van der Waals surface area contributed by atoms with Crippen LogP contribution in [0, 0.1) is 6.92 Å². The number of halogens is 4. The van der Waals surface area contributed by atoms with Crippen molar-refractivity contribution in [3.63, 3.8) is 0 Å². The molecule has 0 aromatic carbocycles. The van der Waals surface area contributed by atoms with E-state index < -0.39 is 15.5 Å². The van der Waals surface area contributed by atoms with Gasteiger partial charge in [-0.15, -0.1) is 24.0 Å². The fourth-order valence-electron chi connectivity index (χ4n) is 2.65. The Morgan fingerprint density at radius 3 is 2.48 bits per heavy atom. The van der Waals surface area contributed by atoms with Gasteiger partial charge in [0.2, 0.25) is 0 Å². The highest BCUT2D eigenvalue weighted by Gasteiger charge is 2.50. The largest absolute Gasteiger partial charge is 0.511 e. The normalized spacial score (nSPS) is 17.4. The van der Waals surface area contributed by atoms with Crippen molar-refractivity contribution in [3.8, 4) is 0 Å². The summed E-state index contributed by atoms with van der Waals surface area (Å²) in [5.41, 5.74) is -4.19. The van der Waals surface area contributed by atoms with Gasteiger partial charge in [0.15, 0.2) is 5.96 Å². The standard InChI is InChI=1S/C14H23F3N6O2S.HI/c1-11-9-20-22(10-11)8-5-19-13(18-2)21-12-3-6-23(7-4-12)26(24,25)14(15,16)17;/h9-10,12H,3-8H2,1-2H3,(H2,18,19,21);1H. The van der Waals surface area contributed by atoms with Crippen molar-refractivity contribution in [2.24, 2.45) is 4.99 Å². The second kappa shape index (κ2) is 9.91. The first-order chi connectivity index (χ1) is 12.1. The minimum Gasteiger partial charge on any atom is -0.355 e. The van der Waals surface area contributed by atoms with Gasteiger partial charge in [-0.2, -0.15) is 22.6 Å². The number of rotatable bonds is 5. The molecular formula is C14H24F3IN6O2S. The van der Waals surface area contributed by atoms with Gasteiger partial charge < -0.3 is 10.6 Å². The third kappa shape index (κ3) is 6.48. The lowest BCUT2D eigenvalue weighted by Gasteiger charge is -2.32. The first kappa shape index (κ1) is 23.9. The van der Waals surface area contributed by atoms with Crippen molar-refractivity contribution in [1.82, 2.24) is 24.7 Å². The Labute approximate surface area is 173 Å². The third-order valence-corrected chi connectivity index (χ3v) is 5.68.